The fraction of sp³-hybridized carbons (Fsp3) is 1.00. The molecule has 0 heterocycles. The lowest BCUT2D eigenvalue weighted by Gasteiger charge is -2.30. The predicted molar refractivity (Wildman–Crippen MR) is 64.0 cm³/mol. The van der Waals surface area contributed by atoms with Gasteiger partial charge in [0.15, 0.2) is 0 Å². The zero-order valence-electron chi connectivity index (χ0n) is 10.5. The Balaban J connectivity index is 2.43. The van der Waals surface area contributed by atoms with Crippen molar-refractivity contribution in [1.82, 2.24) is 10.2 Å². The Morgan fingerprint density at radius 2 is 2.00 bits per heavy atom. The number of aliphatic hydroxyl groups excluding tert-OH is 1. The molecule has 0 aromatic carbocycles. The van der Waals surface area contributed by atoms with Crippen LogP contribution in [0.5, 0.6) is 0 Å². The molecule has 1 fully saturated rings. The Kier molecular flexibility index (Phi) is 5.03. The Morgan fingerprint density at radius 1 is 1.33 bits per heavy atom. The molecule has 0 spiro atoms. The van der Waals surface area contributed by atoms with E-state index in [0.29, 0.717) is 18.0 Å². The van der Waals surface area contributed by atoms with E-state index in [0.717, 1.165) is 25.8 Å². The summed E-state index contributed by atoms with van der Waals surface area (Å²) in [7, 11) is 4.20. The summed E-state index contributed by atoms with van der Waals surface area (Å²) >= 11 is 0. The normalized spacial score (nSPS) is 29.0. The van der Waals surface area contributed by atoms with Crippen LogP contribution in [-0.2, 0) is 0 Å². The molecule has 1 rings (SSSR count). The first-order valence-electron chi connectivity index (χ1n) is 6.09. The Labute approximate surface area is 93.9 Å². The zero-order chi connectivity index (χ0) is 11.4. The molecular weight excluding hydrogens is 188 g/mol. The van der Waals surface area contributed by atoms with Crippen LogP contribution in [0.3, 0.4) is 0 Å². The standard InChI is InChI=1S/C12H26N2O/c1-9(2)11(8-14(3)4)13-10-6-5-7-12(10)15/h9-13,15H,5-8H2,1-4H3. The highest BCUT2D eigenvalue weighted by atomic mass is 16.3. The maximum absolute atomic E-state index is 9.78. The minimum Gasteiger partial charge on any atom is -0.392 e. The van der Waals surface area contributed by atoms with Gasteiger partial charge < -0.3 is 15.3 Å². The minimum absolute atomic E-state index is 0.131. The fourth-order valence-electron chi connectivity index (χ4n) is 2.26. The van der Waals surface area contributed by atoms with Crippen LogP contribution in [0.2, 0.25) is 0 Å². The molecule has 1 aliphatic carbocycles. The molecule has 0 amide bonds. The molecule has 1 saturated carbocycles. The molecule has 90 valence electrons. The van der Waals surface area contributed by atoms with Crippen molar-refractivity contribution in [2.24, 2.45) is 5.92 Å². The highest BCUT2D eigenvalue weighted by Gasteiger charge is 2.28. The largest absolute Gasteiger partial charge is 0.392 e. The van der Waals surface area contributed by atoms with Crippen molar-refractivity contribution in [1.29, 1.82) is 0 Å². The number of rotatable bonds is 5. The highest BCUT2D eigenvalue weighted by Crippen LogP contribution is 2.20. The van der Waals surface area contributed by atoms with Gasteiger partial charge in [-0.1, -0.05) is 13.8 Å². The van der Waals surface area contributed by atoms with E-state index in [1.165, 1.54) is 0 Å². The van der Waals surface area contributed by atoms with Crippen LogP contribution in [0.25, 0.3) is 0 Å². The van der Waals surface area contributed by atoms with Crippen molar-refractivity contribution in [3.05, 3.63) is 0 Å². The average molecular weight is 214 g/mol. The van der Waals surface area contributed by atoms with Crippen molar-refractivity contribution >= 4 is 0 Å². The molecule has 0 aromatic heterocycles. The Bertz CT molecular complexity index is 182. The molecule has 0 radical (unpaired) electrons. The number of hydrogen-bond acceptors (Lipinski definition) is 3. The van der Waals surface area contributed by atoms with Crippen LogP contribution in [0, 0.1) is 5.92 Å². The van der Waals surface area contributed by atoms with Gasteiger partial charge in [0.2, 0.25) is 0 Å². The molecule has 0 bridgehead atoms. The van der Waals surface area contributed by atoms with Gasteiger partial charge in [0, 0.05) is 18.6 Å². The number of likely N-dealkylation sites (N-methyl/N-ethyl adjacent to an activating group) is 1. The number of aliphatic hydroxyl groups is 1. The third-order valence-electron chi connectivity index (χ3n) is 3.27. The quantitative estimate of drug-likeness (QED) is 0.719. The second-order valence-electron chi connectivity index (χ2n) is 5.38. The van der Waals surface area contributed by atoms with E-state index >= 15 is 0 Å². The molecule has 3 atom stereocenters. The topological polar surface area (TPSA) is 35.5 Å². The molecule has 3 unspecified atom stereocenters. The van der Waals surface area contributed by atoms with Gasteiger partial charge >= 0.3 is 0 Å². The molecule has 0 saturated heterocycles. The van der Waals surface area contributed by atoms with E-state index in [9.17, 15) is 5.11 Å². The van der Waals surface area contributed by atoms with Gasteiger partial charge in [-0.05, 0) is 39.3 Å². The van der Waals surface area contributed by atoms with E-state index in [4.69, 9.17) is 0 Å². The average Bonchev–Trinajstić information content (AvgIpc) is 2.50. The summed E-state index contributed by atoms with van der Waals surface area (Å²) in [6, 6.07) is 0.801. The van der Waals surface area contributed by atoms with Crippen LogP contribution in [0.4, 0.5) is 0 Å². The SMILES string of the molecule is CC(C)C(CN(C)C)NC1CCCC1O. The van der Waals surface area contributed by atoms with Crippen LogP contribution >= 0.6 is 0 Å². The summed E-state index contributed by atoms with van der Waals surface area (Å²) < 4.78 is 0. The van der Waals surface area contributed by atoms with Gasteiger partial charge in [0.05, 0.1) is 6.10 Å². The monoisotopic (exact) mass is 214 g/mol. The van der Waals surface area contributed by atoms with E-state index in [1.54, 1.807) is 0 Å². The summed E-state index contributed by atoms with van der Waals surface area (Å²) in [6.07, 6.45) is 3.11. The molecule has 15 heavy (non-hydrogen) atoms. The third-order valence-corrected chi connectivity index (χ3v) is 3.27. The molecule has 2 N–H and O–H groups in total. The molecule has 0 aliphatic heterocycles. The second kappa shape index (κ2) is 5.83. The molecule has 0 aromatic rings. The van der Waals surface area contributed by atoms with Gasteiger partial charge in [0.1, 0.15) is 0 Å². The van der Waals surface area contributed by atoms with Crippen LogP contribution < -0.4 is 5.32 Å². The maximum atomic E-state index is 9.78. The van der Waals surface area contributed by atoms with Crippen molar-refractivity contribution in [3.63, 3.8) is 0 Å². The Hall–Kier alpha value is -0.120. The van der Waals surface area contributed by atoms with Gasteiger partial charge in [0.25, 0.3) is 0 Å². The lowest BCUT2D eigenvalue weighted by Crippen LogP contribution is -2.49. The van der Waals surface area contributed by atoms with Gasteiger partial charge in [-0.2, -0.15) is 0 Å². The molecule has 3 heteroatoms. The predicted octanol–water partition coefficient (Wildman–Crippen LogP) is 1.08. The second-order valence-corrected chi connectivity index (χ2v) is 5.38. The lowest BCUT2D eigenvalue weighted by atomic mass is 10.0. The summed E-state index contributed by atoms with van der Waals surface area (Å²) in [5.41, 5.74) is 0. The van der Waals surface area contributed by atoms with Crippen molar-refractivity contribution in [3.8, 4) is 0 Å². The lowest BCUT2D eigenvalue weighted by molar-refractivity contribution is 0.132. The van der Waals surface area contributed by atoms with E-state index in [-0.39, 0.29) is 6.10 Å². The zero-order valence-corrected chi connectivity index (χ0v) is 10.5. The first-order valence-corrected chi connectivity index (χ1v) is 6.09. The van der Waals surface area contributed by atoms with Crippen molar-refractivity contribution < 1.29 is 5.11 Å². The van der Waals surface area contributed by atoms with Gasteiger partial charge in [-0.15, -0.1) is 0 Å². The van der Waals surface area contributed by atoms with E-state index < -0.39 is 0 Å². The van der Waals surface area contributed by atoms with E-state index in [2.05, 4.69) is 38.2 Å². The number of hydrogen-bond donors (Lipinski definition) is 2. The van der Waals surface area contributed by atoms with Crippen molar-refractivity contribution in [2.45, 2.75) is 51.3 Å². The summed E-state index contributed by atoms with van der Waals surface area (Å²) in [4.78, 5) is 2.21. The van der Waals surface area contributed by atoms with Crippen LogP contribution in [0.15, 0.2) is 0 Å². The van der Waals surface area contributed by atoms with E-state index in [1.807, 2.05) is 0 Å². The van der Waals surface area contributed by atoms with Crippen molar-refractivity contribution in [2.75, 3.05) is 20.6 Å². The van der Waals surface area contributed by atoms with Gasteiger partial charge in [-0.3, -0.25) is 0 Å². The molecule has 1 aliphatic rings. The summed E-state index contributed by atoms with van der Waals surface area (Å²) in [5, 5.41) is 13.4. The smallest absolute Gasteiger partial charge is 0.0693 e. The summed E-state index contributed by atoms with van der Waals surface area (Å²) in [6.45, 7) is 5.52. The fourth-order valence-corrected chi connectivity index (χ4v) is 2.26. The first kappa shape index (κ1) is 12.9. The third kappa shape index (κ3) is 4.09. The summed E-state index contributed by atoms with van der Waals surface area (Å²) in [5.74, 6) is 0.611. The van der Waals surface area contributed by atoms with Crippen LogP contribution in [0.1, 0.15) is 33.1 Å². The van der Waals surface area contributed by atoms with Crippen LogP contribution in [-0.4, -0.2) is 48.8 Å². The first-order chi connectivity index (χ1) is 7.00. The number of nitrogens with zero attached hydrogens (tertiary/aromatic N) is 1. The Morgan fingerprint density at radius 3 is 2.40 bits per heavy atom. The minimum atomic E-state index is -0.131. The molecule has 3 nitrogen and oxygen atoms in total. The highest BCUT2D eigenvalue weighted by molar-refractivity contribution is 4.87. The van der Waals surface area contributed by atoms with Gasteiger partial charge in [-0.25, -0.2) is 0 Å². The molecular formula is C12H26N2O. The maximum Gasteiger partial charge on any atom is 0.0693 e. The number of nitrogens with one attached hydrogen (secondary N) is 1.